The molecule has 3 aliphatic rings. The Hall–Kier alpha value is -2.84. The van der Waals surface area contributed by atoms with Crippen LogP contribution in [0.4, 0.5) is 0 Å². The number of fused-ring (bicyclic) bond motifs is 2. The molecule has 0 unspecified atom stereocenters. The van der Waals surface area contributed by atoms with Crippen LogP contribution in [-0.2, 0) is 24.6 Å². The Labute approximate surface area is 174 Å². The van der Waals surface area contributed by atoms with E-state index < -0.39 is 23.1 Å². The smallest absolute Gasteiger partial charge is 0.316 e. The lowest BCUT2D eigenvalue weighted by Crippen LogP contribution is -2.56. The van der Waals surface area contributed by atoms with Gasteiger partial charge in [-0.3, -0.25) is 9.59 Å². The first-order valence-electron chi connectivity index (χ1n) is 9.91. The van der Waals surface area contributed by atoms with Gasteiger partial charge in [0.1, 0.15) is 30.5 Å². The lowest BCUT2D eigenvalue weighted by atomic mass is 9.44. The van der Waals surface area contributed by atoms with Gasteiger partial charge in [-0.1, -0.05) is 13.8 Å². The first-order valence-corrected chi connectivity index (χ1v) is 9.91. The number of Topliss-reactive ketones (excluding diaryl/α,β-unsaturated/α-hetero) is 1. The minimum absolute atomic E-state index is 0.0373. The van der Waals surface area contributed by atoms with Gasteiger partial charge in [0.2, 0.25) is 0 Å². The van der Waals surface area contributed by atoms with E-state index in [1.807, 2.05) is 13.8 Å². The van der Waals surface area contributed by atoms with E-state index in [4.69, 9.17) is 4.74 Å². The van der Waals surface area contributed by atoms with Crippen LogP contribution in [0.3, 0.4) is 0 Å². The van der Waals surface area contributed by atoms with E-state index in [-0.39, 0.29) is 53.5 Å². The van der Waals surface area contributed by atoms with Gasteiger partial charge in [0.05, 0.1) is 5.41 Å². The normalized spacial score (nSPS) is 24.7. The number of hydrogen-bond acceptors (Lipinski definition) is 8. The molecular formula is C21H27NO8. The molecule has 3 atom stereocenters. The van der Waals surface area contributed by atoms with Crippen LogP contribution in [-0.4, -0.2) is 40.3 Å². The second kappa shape index (κ2) is 7.45. The highest BCUT2D eigenvalue weighted by atomic mass is 17.0. The lowest BCUT2D eigenvalue weighted by molar-refractivity contribution is -0.757. The molecule has 2 bridgehead atoms. The summed E-state index contributed by atoms with van der Waals surface area (Å²) < 4.78 is 5.03. The molecular weight excluding hydrogens is 394 g/mol. The zero-order chi connectivity index (χ0) is 22.4. The molecule has 0 amide bonds. The molecule has 3 saturated carbocycles. The van der Waals surface area contributed by atoms with Crippen LogP contribution in [0, 0.1) is 27.4 Å². The fourth-order valence-electron chi connectivity index (χ4n) is 4.90. The maximum atomic E-state index is 12.5. The van der Waals surface area contributed by atoms with Gasteiger partial charge < -0.3 is 19.8 Å². The predicted molar refractivity (Wildman–Crippen MR) is 104 cm³/mol. The Morgan fingerprint density at radius 2 is 1.87 bits per heavy atom. The topological polar surface area (TPSA) is 136 Å². The fourth-order valence-corrected chi connectivity index (χ4v) is 4.90. The molecule has 2 N–H and O–H groups in total. The summed E-state index contributed by atoms with van der Waals surface area (Å²) in [5.74, 6) is -0.922. The second-order valence-corrected chi connectivity index (χ2v) is 9.24. The van der Waals surface area contributed by atoms with Crippen molar-refractivity contribution in [1.82, 2.24) is 0 Å². The Bertz CT molecular complexity index is 868. The molecule has 1 aromatic rings. The summed E-state index contributed by atoms with van der Waals surface area (Å²) in [5, 5.41) is 30.6. The van der Waals surface area contributed by atoms with Crippen LogP contribution in [0.15, 0.2) is 12.1 Å². The maximum absolute atomic E-state index is 12.5. The number of nitrogens with zero attached hydrogens (tertiary/aromatic N) is 1. The number of benzene rings is 1. The Balaban J connectivity index is 1.81. The van der Waals surface area contributed by atoms with Crippen molar-refractivity contribution < 1.29 is 34.5 Å². The summed E-state index contributed by atoms with van der Waals surface area (Å²) in [6.45, 7) is 6.50. The number of carbonyl (C=O) groups excluding carboxylic acids is 2. The summed E-state index contributed by atoms with van der Waals surface area (Å²) in [6.07, 6.45) is 1.03. The van der Waals surface area contributed by atoms with Crippen LogP contribution in [0.1, 0.15) is 57.6 Å². The SMILES string of the molecule is CC(C)(C(=O)OCCO[N+](=O)[O-])c1cc(O)c([C@H]2CC(=O)[C@@H]3C[C@H]2C3(C)C)c(O)c1. The molecule has 0 heterocycles. The highest BCUT2D eigenvalue weighted by molar-refractivity contribution is 5.86. The first-order chi connectivity index (χ1) is 13.9. The third-order valence-electron chi connectivity index (χ3n) is 6.89. The van der Waals surface area contributed by atoms with Crippen molar-refractivity contribution in [2.24, 2.45) is 17.3 Å². The molecule has 0 aliphatic heterocycles. The molecule has 0 aromatic heterocycles. The number of aromatic hydroxyl groups is 2. The predicted octanol–water partition coefficient (Wildman–Crippen LogP) is 2.85. The molecule has 30 heavy (non-hydrogen) atoms. The minimum Gasteiger partial charge on any atom is -0.508 e. The Kier molecular flexibility index (Phi) is 5.43. The van der Waals surface area contributed by atoms with E-state index >= 15 is 0 Å². The van der Waals surface area contributed by atoms with Crippen molar-refractivity contribution in [3.05, 3.63) is 33.4 Å². The standard InChI is InChI=1S/C21H27NO8/c1-20(2,19(26)29-5-6-30-22(27)28)11-7-16(24)18(17(25)8-11)12-9-15(23)14-10-13(12)21(14,3)4/h7-8,12-14,24-25H,5-6,9-10H2,1-4H3/t12-,13+,14-/m0/s1. The zero-order valence-corrected chi connectivity index (χ0v) is 17.5. The average molecular weight is 421 g/mol. The van der Waals surface area contributed by atoms with Crippen LogP contribution < -0.4 is 0 Å². The van der Waals surface area contributed by atoms with Crippen molar-refractivity contribution in [1.29, 1.82) is 0 Å². The number of ether oxygens (including phenoxy) is 1. The third-order valence-corrected chi connectivity index (χ3v) is 6.89. The lowest BCUT2D eigenvalue weighted by Gasteiger charge is -2.59. The number of phenols is 2. The quantitative estimate of drug-likeness (QED) is 0.297. The van der Waals surface area contributed by atoms with Crippen LogP contribution in [0.5, 0.6) is 11.5 Å². The molecule has 0 saturated heterocycles. The highest BCUT2D eigenvalue weighted by Gasteiger charge is 2.59. The van der Waals surface area contributed by atoms with Crippen molar-refractivity contribution in [3.63, 3.8) is 0 Å². The first kappa shape index (κ1) is 21.9. The van der Waals surface area contributed by atoms with E-state index in [0.29, 0.717) is 11.1 Å². The number of hydrogen-bond donors (Lipinski definition) is 2. The number of ketones is 1. The number of carbonyl (C=O) groups is 2. The minimum atomic E-state index is -1.23. The van der Waals surface area contributed by atoms with E-state index in [9.17, 15) is 29.9 Å². The molecule has 4 rings (SSSR count). The van der Waals surface area contributed by atoms with Gasteiger partial charge in [-0.25, -0.2) is 0 Å². The van der Waals surface area contributed by atoms with Crippen molar-refractivity contribution >= 4 is 11.8 Å². The maximum Gasteiger partial charge on any atom is 0.316 e. The molecule has 164 valence electrons. The fraction of sp³-hybridized carbons (Fsp3) is 0.619. The van der Waals surface area contributed by atoms with Gasteiger partial charge in [-0.05, 0) is 49.3 Å². The van der Waals surface area contributed by atoms with Crippen molar-refractivity contribution in [2.45, 2.75) is 51.9 Å². The summed E-state index contributed by atoms with van der Waals surface area (Å²) in [6, 6.07) is 2.82. The molecule has 9 nitrogen and oxygen atoms in total. The van der Waals surface area contributed by atoms with E-state index in [1.165, 1.54) is 12.1 Å². The largest absolute Gasteiger partial charge is 0.508 e. The Morgan fingerprint density at radius 3 is 2.37 bits per heavy atom. The van der Waals surface area contributed by atoms with Crippen LogP contribution in [0.2, 0.25) is 0 Å². The van der Waals surface area contributed by atoms with Crippen molar-refractivity contribution in [2.75, 3.05) is 13.2 Å². The number of esters is 1. The summed E-state index contributed by atoms with van der Waals surface area (Å²) in [5.41, 5.74) is -0.737. The van der Waals surface area contributed by atoms with Gasteiger partial charge in [0, 0.05) is 23.8 Å². The van der Waals surface area contributed by atoms with Gasteiger partial charge in [-0.15, -0.1) is 10.1 Å². The Morgan fingerprint density at radius 1 is 1.27 bits per heavy atom. The van der Waals surface area contributed by atoms with Gasteiger partial charge in [0.25, 0.3) is 5.09 Å². The van der Waals surface area contributed by atoms with Gasteiger partial charge in [0.15, 0.2) is 0 Å². The molecule has 3 aliphatic carbocycles. The molecule has 1 aromatic carbocycles. The molecule has 0 radical (unpaired) electrons. The molecule has 0 spiro atoms. The van der Waals surface area contributed by atoms with E-state index in [1.54, 1.807) is 13.8 Å². The average Bonchev–Trinajstić information content (AvgIpc) is 2.63. The van der Waals surface area contributed by atoms with Gasteiger partial charge in [-0.2, -0.15) is 0 Å². The number of rotatable bonds is 7. The summed E-state index contributed by atoms with van der Waals surface area (Å²) >= 11 is 0. The van der Waals surface area contributed by atoms with Crippen LogP contribution >= 0.6 is 0 Å². The van der Waals surface area contributed by atoms with E-state index in [0.717, 1.165) is 6.42 Å². The monoisotopic (exact) mass is 421 g/mol. The summed E-state index contributed by atoms with van der Waals surface area (Å²) in [7, 11) is 0. The third kappa shape index (κ3) is 3.57. The van der Waals surface area contributed by atoms with Gasteiger partial charge >= 0.3 is 5.97 Å². The highest BCUT2D eigenvalue weighted by Crippen LogP contribution is 2.64. The summed E-state index contributed by atoms with van der Waals surface area (Å²) in [4.78, 5) is 39.2. The van der Waals surface area contributed by atoms with Crippen LogP contribution in [0.25, 0.3) is 0 Å². The zero-order valence-electron chi connectivity index (χ0n) is 17.5. The second-order valence-electron chi connectivity index (χ2n) is 9.24. The number of phenolic OH excluding ortho intramolecular Hbond substituents is 2. The van der Waals surface area contributed by atoms with E-state index in [2.05, 4.69) is 4.84 Å². The molecule has 3 fully saturated rings. The molecule has 9 heteroatoms. The van der Waals surface area contributed by atoms with Crippen molar-refractivity contribution in [3.8, 4) is 11.5 Å².